The average Bonchev–Trinajstić information content (AvgIpc) is 2.56. The van der Waals surface area contributed by atoms with E-state index in [1.165, 1.54) is 15.9 Å². The van der Waals surface area contributed by atoms with Crippen LogP contribution in [0.25, 0.3) is 0 Å². The summed E-state index contributed by atoms with van der Waals surface area (Å²) in [6.07, 6.45) is -0.391. The molecule has 1 aliphatic heterocycles. The molecule has 120 valence electrons. The van der Waals surface area contributed by atoms with Gasteiger partial charge in [0.2, 0.25) is 0 Å². The second-order valence-corrected chi connectivity index (χ2v) is 5.89. The van der Waals surface area contributed by atoms with E-state index in [1.54, 1.807) is 20.8 Å². The van der Waals surface area contributed by atoms with E-state index in [1.807, 2.05) is 0 Å². The number of carbonyl (C=O) groups excluding carboxylic acids is 2. The lowest BCUT2D eigenvalue weighted by atomic mass is 10.2. The highest BCUT2D eigenvalue weighted by atomic mass is 16.6. The van der Waals surface area contributed by atoms with Crippen molar-refractivity contribution >= 4 is 12.2 Å². The molecule has 0 aliphatic carbocycles. The maximum absolute atomic E-state index is 12.0. The highest BCUT2D eigenvalue weighted by Crippen LogP contribution is 2.12. The molecule has 2 amide bonds. The van der Waals surface area contributed by atoms with Gasteiger partial charge in [0.25, 0.3) is 0 Å². The number of aliphatic hydroxyl groups is 1. The Balaban J connectivity index is 2.61. The quantitative estimate of drug-likeness (QED) is 0.776. The molecule has 1 saturated heterocycles. The van der Waals surface area contributed by atoms with Crippen LogP contribution in [-0.4, -0.2) is 71.6 Å². The van der Waals surface area contributed by atoms with Crippen LogP contribution in [0.5, 0.6) is 0 Å². The summed E-state index contributed by atoms with van der Waals surface area (Å²) in [6.45, 7) is 9.72. The molecule has 1 atom stereocenters. The first-order valence-electron chi connectivity index (χ1n) is 6.91. The lowest BCUT2D eigenvalue weighted by Gasteiger charge is -2.26. The molecule has 1 rings (SSSR count). The van der Waals surface area contributed by atoms with Gasteiger partial charge in [-0.1, -0.05) is 12.7 Å². The summed E-state index contributed by atoms with van der Waals surface area (Å²) >= 11 is 0. The molecule has 0 aromatic rings. The fraction of sp³-hybridized carbons (Fsp3) is 0.714. The summed E-state index contributed by atoms with van der Waals surface area (Å²) < 4.78 is 10.2. The maximum atomic E-state index is 12.0. The standard InChI is InChI=1S/C14H24N2O5/c1-5-8-20-12(18)15-6-7-16(10-11(17)9-15)13(19)21-14(2,3)4/h5,11,17H,1,6-10H2,2-4H3. The van der Waals surface area contributed by atoms with Crippen molar-refractivity contribution in [2.75, 3.05) is 32.8 Å². The van der Waals surface area contributed by atoms with E-state index < -0.39 is 23.9 Å². The zero-order chi connectivity index (χ0) is 16.0. The van der Waals surface area contributed by atoms with Gasteiger partial charge in [-0.3, -0.25) is 0 Å². The van der Waals surface area contributed by atoms with Crippen molar-refractivity contribution in [3.63, 3.8) is 0 Å². The lowest BCUT2D eigenvalue weighted by molar-refractivity contribution is 0.0186. The number of rotatable bonds is 2. The molecule has 7 nitrogen and oxygen atoms in total. The monoisotopic (exact) mass is 300 g/mol. The summed E-state index contributed by atoms with van der Waals surface area (Å²) in [5.74, 6) is 0. The van der Waals surface area contributed by atoms with Crippen LogP contribution in [0.4, 0.5) is 9.59 Å². The molecule has 0 saturated carbocycles. The third-order valence-corrected chi connectivity index (χ3v) is 2.74. The SMILES string of the molecule is C=CCOC(=O)N1CCN(C(=O)OC(C)(C)C)CC(O)C1. The van der Waals surface area contributed by atoms with Crippen molar-refractivity contribution in [2.24, 2.45) is 0 Å². The number of β-amino-alcohol motifs (C(OH)–C–C–N with tert-alkyl or cyclic N) is 1. The molecule has 1 aliphatic rings. The molecule has 0 aromatic carbocycles. The van der Waals surface area contributed by atoms with Crippen LogP contribution in [0.15, 0.2) is 12.7 Å². The smallest absolute Gasteiger partial charge is 0.410 e. The van der Waals surface area contributed by atoms with Gasteiger partial charge in [0.05, 0.1) is 19.2 Å². The van der Waals surface area contributed by atoms with Crippen LogP contribution in [0.2, 0.25) is 0 Å². The number of amides is 2. The van der Waals surface area contributed by atoms with Crippen LogP contribution in [-0.2, 0) is 9.47 Å². The predicted octanol–water partition coefficient (Wildman–Crippen LogP) is 1.22. The molecule has 0 bridgehead atoms. The van der Waals surface area contributed by atoms with E-state index in [0.29, 0.717) is 0 Å². The van der Waals surface area contributed by atoms with Gasteiger partial charge in [-0.2, -0.15) is 0 Å². The lowest BCUT2D eigenvalue weighted by Crippen LogP contribution is -2.41. The Morgan fingerprint density at radius 3 is 2.24 bits per heavy atom. The summed E-state index contributed by atoms with van der Waals surface area (Å²) in [7, 11) is 0. The Kier molecular flexibility index (Phi) is 6.02. The van der Waals surface area contributed by atoms with E-state index in [9.17, 15) is 14.7 Å². The molecular weight excluding hydrogens is 276 g/mol. The molecule has 1 fully saturated rings. The number of hydrogen-bond donors (Lipinski definition) is 1. The third kappa shape index (κ3) is 6.03. The Morgan fingerprint density at radius 2 is 1.76 bits per heavy atom. The van der Waals surface area contributed by atoms with Crippen molar-refractivity contribution in [2.45, 2.75) is 32.5 Å². The maximum Gasteiger partial charge on any atom is 0.410 e. The molecule has 0 spiro atoms. The van der Waals surface area contributed by atoms with Crippen molar-refractivity contribution in [3.05, 3.63) is 12.7 Å². The van der Waals surface area contributed by atoms with E-state index in [2.05, 4.69) is 6.58 Å². The molecule has 1 unspecified atom stereocenters. The molecule has 1 heterocycles. The first-order valence-corrected chi connectivity index (χ1v) is 6.91. The fourth-order valence-corrected chi connectivity index (χ4v) is 1.87. The summed E-state index contributed by atoms with van der Waals surface area (Å²) in [5.41, 5.74) is -0.600. The van der Waals surface area contributed by atoms with Crippen molar-refractivity contribution in [3.8, 4) is 0 Å². The van der Waals surface area contributed by atoms with Gasteiger partial charge in [0.1, 0.15) is 12.2 Å². The van der Waals surface area contributed by atoms with Gasteiger partial charge < -0.3 is 24.4 Å². The second-order valence-electron chi connectivity index (χ2n) is 5.89. The van der Waals surface area contributed by atoms with E-state index in [-0.39, 0.29) is 32.8 Å². The van der Waals surface area contributed by atoms with Gasteiger partial charge in [-0.05, 0) is 20.8 Å². The first kappa shape index (κ1) is 17.3. The predicted molar refractivity (Wildman–Crippen MR) is 76.9 cm³/mol. The number of nitrogens with zero attached hydrogens (tertiary/aromatic N) is 2. The second kappa shape index (κ2) is 7.31. The van der Waals surface area contributed by atoms with Crippen LogP contribution >= 0.6 is 0 Å². The van der Waals surface area contributed by atoms with Gasteiger partial charge >= 0.3 is 12.2 Å². The molecule has 7 heteroatoms. The van der Waals surface area contributed by atoms with E-state index in [4.69, 9.17) is 9.47 Å². The Morgan fingerprint density at radius 1 is 1.24 bits per heavy atom. The normalized spacial score (nSPS) is 19.7. The van der Waals surface area contributed by atoms with Crippen molar-refractivity contribution < 1.29 is 24.2 Å². The summed E-state index contributed by atoms with van der Waals surface area (Å²) in [6, 6.07) is 0. The number of carbonyl (C=O) groups is 2. The minimum absolute atomic E-state index is 0.112. The van der Waals surface area contributed by atoms with Crippen LogP contribution in [0.3, 0.4) is 0 Å². The van der Waals surface area contributed by atoms with Crippen LogP contribution < -0.4 is 0 Å². The zero-order valence-electron chi connectivity index (χ0n) is 12.9. The Labute approximate surface area is 125 Å². The largest absolute Gasteiger partial charge is 0.445 e. The molecule has 0 radical (unpaired) electrons. The van der Waals surface area contributed by atoms with Crippen molar-refractivity contribution in [1.29, 1.82) is 0 Å². The van der Waals surface area contributed by atoms with Gasteiger partial charge in [-0.25, -0.2) is 9.59 Å². The molecule has 0 aromatic heterocycles. The summed E-state index contributed by atoms with van der Waals surface area (Å²) in [4.78, 5) is 26.5. The number of hydrogen-bond acceptors (Lipinski definition) is 5. The molecular formula is C14H24N2O5. The zero-order valence-corrected chi connectivity index (χ0v) is 12.9. The number of aliphatic hydroxyl groups excluding tert-OH is 1. The van der Waals surface area contributed by atoms with Crippen LogP contribution in [0, 0.1) is 0 Å². The van der Waals surface area contributed by atoms with Gasteiger partial charge in [0, 0.05) is 13.1 Å². The van der Waals surface area contributed by atoms with E-state index in [0.717, 1.165) is 0 Å². The Hall–Kier alpha value is -1.76. The average molecular weight is 300 g/mol. The number of ether oxygens (including phenoxy) is 2. The summed E-state index contributed by atoms with van der Waals surface area (Å²) in [5, 5.41) is 9.93. The minimum Gasteiger partial charge on any atom is -0.445 e. The Bertz CT molecular complexity index is 391. The minimum atomic E-state index is -0.837. The van der Waals surface area contributed by atoms with E-state index >= 15 is 0 Å². The third-order valence-electron chi connectivity index (χ3n) is 2.74. The van der Waals surface area contributed by atoms with Gasteiger partial charge in [0.15, 0.2) is 0 Å². The highest BCUT2D eigenvalue weighted by Gasteiger charge is 2.30. The molecule has 1 N–H and O–H groups in total. The molecule has 21 heavy (non-hydrogen) atoms. The first-order chi connectivity index (χ1) is 9.73. The van der Waals surface area contributed by atoms with Crippen LogP contribution in [0.1, 0.15) is 20.8 Å². The van der Waals surface area contributed by atoms with Gasteiger partial charge in [-0.15, -0.1) is 0 Å². The highest BCUT2D eigenvalue weighted by molar-refractivity contribution is 5.70. The fourth-order valence-electron chi connectivity index (χ4n) is 1.87. The van der Waals surface area contributed by atoms with Crippen molar-refractivity contribution in [1.82, 2.24) is 9.80 Å². The topological polar surface area (TPSA) is 79.3 Å².